The van der Waals surface area contributed by atoms with Crippen molar-refractivity contribution in [3.05, 3.63) is 39.4 Å². The number of rotatable bonds is 0. The topological polar surface area (TPSA) is 143 Å². The molecule has 0 atom stereocenters. The molecule has 0 fully saturated rings. The van der Waals surface area contributed by atoms with Gasteiger partial charge in [-0.3, -0.25) is 0 Å². The minimum atomic E-state index is 0. The molecule has 11 heteroatoms. The average Bonchev–Trinajstić information content (AvgIpc) is 2.33. The maximum atomic E-state index is 6.25. The van der Waals surface area contributed by atoms with Gasteiger partial charge in [0.2, 0.25) is 0 Å². The van der Waals surface area contributed by atoms with Crippen LogP contribution in [0, 0.1) is 71.0 Å². The van der Waals surface area contributed by atoms with E-state index in [9.17, 15) is 0 Å². The molecule has 0 aromatic carbocycles. The van der Waals surface area contributed by atoms with Gasteiger partial charge in [0.1, 0.15) is 0 Å². The minimum Gasteiger partial charge on any atom is -0.512 e. The van der Waals surface area contributed by atoms with E-state index in [-0.39, 0.29) is 135 Å². The maximum Gasteiger partial charge on any atom is 2.00 e. The Morgan fingerprint density at radius 1 is 0.294 bits per heavy atom. The second-order valence-corrected chi connectivity index (χ2v) is 0. The summed E-state index contributed by atoms with van der Waals surface area (Å²) in [4.78, 5) is 0. The molecule has 0 aliphatic carbocycles. The molecule has 0 aliphatic heterocycles. The van der Waals surface area contributed by atoms with E-state index in [2.05, 4.69) is 0 Å². The third-order valence-electron chi connectivity index (χ3n) is 0. The predicted molar refractivity (Wildman–Crippen MR) is 29.8 cm³/mol. The zero-order valence-electron chi connectivity index (χ0n) is 10.0. The van der Waals surface area contributed by atoms with E-state index in [0.717, 1.165) is 0 Å². The normalized spacial score (nSPS) is 0.706. The van der Waals surface area contributed by atoms with E-state index in [0.29, 0.717) is 0 Å². The van der Waals surface area contributed by atoms with Gasteiger partial charge in [-0.15, -0.1) is 0 Å². The zero-order chi connectivity index (χ0) is 12.0. The minimum absolute atomic E-state index is 0. The SMILES string of the molecule is [C-]#N.[C-]#N.[C-]#N.[C-]#N.[C-]#N.[C-]#N.[Co+2].[Na+].[Na+].[Na+].[Na+]. The molecule has 0 bridgehead atoms. The number of hydrogen-bond donors (Lipinski definition) is 0. The van der Waals surface area contributed by atoms with Crippen molar-refractivity contribution in [1.82, 2.24) is 0 Å². The Balaban J connectivity index is -0.00000000267. The fraction of sp³-hybridized carbons (Fsp3) is 0. The third-order valence-corrected chi connectivity index (χ3v) is 0. The Labute approximate surface area is 202 Å². The van der Waals surface area contributed by atoms with Gasteiger partial charge in [0.15, 0.2) is 0 Å². The molecule has 17 heavy (non-hydrogen) atoms. The van der Waals surface area contributed by atoms with Crippen LogP contribution in [0.15, 0.2) is 0 Å². The average molecular weight is 307 g/mol. The molecule has 1 radical (unpaired) electrons. The van der Waals surface area contributed by atoms with Gasteiger partial charge in [0.25, 0.3) is 0 Å². The molecule has 0 aromatic heterocycles. The number of hydrogen-bond acceptors (Lipinski definition) is 6. The van der Waals surface area contributed by atoms with Crippen molar-refractivity contribution in [2.24, 2.45) is 0 Å². The van der Waals surface area contributed by atoms with Crippen LogP contribution in [0.25, 0.3) is 0 Å². The van der Waals surface area contributed by atoms with E-state index in [1.807, 2.05) is 0 Å². The van der Waals surface area contributed by atoms with Gasteiger partial charge < -0.3 is 71.0 Å². The Kier molecular flexibility index (Phi) is 13400. The predicted octanol–water partition coefficient (Wildman–Crippen LogP) is -11.4. The van der Waals surface area contributed by atoms with E-state index >= 15 is 0 Å². The fourth-order valence-corrected chi connectivity index (χ4v) is 0. The first-order valence-corrected chi connectivity index (χ1v) is 1.34. The summed E-state index contributed by atoms with van der Waals surface area (Å²) in [5.41, 5.74) is 0. The van der Waals surface area contributed by atoms with Gasteiger partial charge >= 0.3 is 135 Å². The van der Waals surface area contributed by atoms with Crippen LogP contribution in [0.2, 0.25) is 0 Å². The maximum absolute atomic E-state index is 6.25. The molecule has 0 aliphatic rings. The summed E-state index contributed by atoms with van der Waals surface area (Å²) in [5.74, 6) is 0. The summed E-state index contributed by atoms with van der Waals surface area (Å²) in [6, 6.07) is 0. The van der Waals surface area contributed by atoms with Gasteiger partial charge in [0.05, 0.1) is 0 Å². The van der Waals surface area contributed by atoms with E-state index in [1.54, 1.807) is 0 Å². The molecule has 0 aromatic rings. The Hall–Kier alpha value is 1.45. The van der Waals surface area contributed by atoms with Crippen molar-refractivity contribution in [2.75, 3.05) is 0 Å². The molecule has 0 saturated heterocycles. The van der Waals surface area contributed by atoms with Crippen LogP contribution in [0.5, 0.6) is 0 Å². The molecule has 0 saturated carbocycles. The van der Waals surface area contributed by atoms with Crippen LogP contribution < -0.4 is 118 Å². The van der Waals surface area contributed by atoms with Crippen LogP contribution in [0.1, 0.15) is 0 Å². The summed E-state index contributed by atoms with van der Waals surface area (Å²) in [7, 11) is 0. The molecule has 0 unspecified atom stereocenters. The van der Waals surface area contributed by atoms with Gasteiger partial charge in [-0.1, -0.05) is 0 Å². The van der Waals surface area contributed by atoms with E-state index < -0.39 is 0 Å². The summed E-state index contributed by atoms with van der Waals surface area (Å²) in [5, 5.41) is 37.5. The molecule has 0 rings (SSSR count). The van der Waals surface area contributed by atoms with Gasteiger partial charge in [-0.25, -0.2) is 0 Å². The van der Waals surface area contributed by atoms with Crippen molar-refractivity contribution in [3.8, 4) is 0 Å². The molecule has 6 nitrogen and oxygen atoms in total. The first kappa shape index (κ1) is 101. The summed E-state index contributed by atoms with van der Waals surface area (Å²) in [6.07, 6.45) is 0. The van der Waals surface area contributed by atoms with Gasteiger partial charge in [0, 0.05) is 0 Å². The zero-order valence-corrected chi connectivity index (χ0v) is 19.1. The summed E-state index contributed by atoms with van der Waals surface area (Å²) < 4.78 is 0. The van der Waals surface area contributed by atoms with Crippen LogP contribution in [0.4, 0.5) is 0 Å². The van der Waals surface area contributed by atoms with Crippen LogP contribution in [-0.4, -0.2) is 0 Å². The van der Waals surface area contributed by atoms with Gasteiger partial charge in [-0.2, -0.15) is 0 Å². The molecule has 67 valence electrons. The monoisotopic (exact) mass is 307 g/mol. The van der Waals surface area contributed by atoms with Crippen LogP contribution >= 0.6 is 0 Å². The second kappa shape index (κ2) is 2260. The van der Waals surface area contributed by atoms with Crippen molar-refractivity contribution < 1.29 is 135 Å². The van der Waals surface area contributed by atoms with E-state index in [4.69, 9.17) is 71.0 Å². The van der Waals surface area contributed by atoms with Crippen molar-refractivity contribution >= 4 is 0 Å². The standard InChI is InChI=1S/6CN.Co.4Na/c6*1-2;;;;;/q6*-1;+2;4*+1. The quantitative estimate of drug-likeness (QED) is 0.321. The molecule has 0 amide bonds. The largest absolute Gasteiger partial charge is 2.00 e. The second-order valence-electron chi connectivity index (χ2n) is 0. The van der Waals surface area contributed by atoms with Crippen molar-refractivity contribution in [3.63, 3.8) is 0 Å². The fourth-order valence-electron chi connectivity index (χ4n) is 0. The van der Waals surface area contributed by atoms with Gasteiger partial charge in [-0.05, 0) is 0 Å². The Morgan fingerprint density at radius 3 is 0.294 bits per heavy atom. The third kappa shape index (κ3) is 1990. The molecular formula is C6CoN6Na4. The van der Waals surface area contributed by atoms with E-state index in [1.165, 1.54) is 0 Å². The molecule has 0 N–H and O–H groups in total. The van der Waals surface area contributed by atoms with Crippen LogP contribution in [0.3, 0.4) is 0 Å². The Morgan fingerprint density at radius 2 is 0.294 bits per heavy atom. The molecule has 0 heterocycles. The first-order valence-electron chi connectivity index (χ1n) is 1.34. The molecular weight excluding hydrogens is 307 g/mol. The van der Waals surface area contributed by atoms with Crippen LogP contribution in [-0.2, 0) is 16.8 Å². The van der Waals surface area contributed by atoms with Crippen molar-refractivity contribution in [1.29, 1.82) is 31.6 Å². The summed E-state index contributed by atoms with van der Waals surface area (Å²) in [6.45, 7) is 28.5. The van der Waals surface area contributed by atoms with Crippen molar-refractivity contribution in [2.45, 2.75) is 0 Å². The Bertz CT molecular complexity index is 106. The summed E-state index contributed by atoms with van der Waals surface area (Å²) >= 11 is 0. The number of nitrogens with zero attached hydrogens (tertiary/aromatic N) is 6. The smallest absolute Gasteiger partial charge is 0.512 e. The molecule has 0 spiro atoms. The first-order chi connectivity index (χ1) is 6.00.